The Hall–Kier alpha value is -2.04. The Balaban J connectivity index is 1.70. The highest BCUT2D eigenvalue weighted by atomic mass is 16.5. The lowest BCUT2D eigenvalue weighted by Gasteiger charge is -2.37. The SMILES string of the molecule is COc1ccccc1C1(CNC(=O)CC2(C(=O)O)CCC2)CCCC1. The molecule has 2 fully saturated rings. The summed E-state index contributed by atoms with van der Waals surface area (Å²) in [5.74, 6) is -0.128. The molecule has 0 heterocycles. The van der Waals surface area contributed by atoms with Crippen LogP contribution in [0.25, 0.3) is 0 Å². The largest absolute Gasteiger partial charge is 0.496 e. The number of para-hydroxylation sites is 1. The van der Waals surface area contributed by atoms with Gasteiger partial charge in [0.15, 0.2) is 0 Å². The van der Waals surface area contributed by atoms with E-state index in [4.69, 9.17) is 4.74 Å². The van der Waals surface area contributed by atoms with E-state index in [-0.39, 0.29) is 17.7 Å². The van der Waals surface area contributed by atoms with E-state index in [2.05, 4.69) is 11.4 Å². The van der Waals surface area contributed by atoms with Gasteiger partial charge >= 0.3 is 5.97 Å². The number of hydrogen-bond donors (Lipinski definition) is 2. The minimum Gasteiger partial charge on any atom is -0.496 e. The maximum absolute atomic E-state index is 12.4. The summed E-state index contributed by atoms with van der Waals surface area (Å²) in [6.45, 7) is 0.544. The van der Waals surface area contributed by atoms with Crippen molar-refractivity contribution in [1.29, 1.82) is 0 Å². The summed E-state index contributed by atoms with van der Waals surface area (Å²) in [6.07, 6.45) is 6.48. The van der Waals surface area contributed by atoms with Gasteiger partial charge in [-0.05, 0) is 31.7 Å². The van der Waals surface area contributed by atoms with Gasteiger partial charge in [-0.25, -0.2) is 0 Å². The van der Waals surface area contributed by atoms with Crippen molar-refractivity contribution in [2.24, 2.45) is 5.41 Å². The van der Waals surface area contributed by atoms with Gasteiger partial charge in [-0.15, -0.1) is 0 Å². The highest BCUT2D eigenvalue weighted by Crippen LogP contribution is 2.46. The van der Waals surface area contributed by atoms with E-state index in [0.29, 0.717) is 19.4 Å². The Labute approximate surface area is 148 Å². The number of amides is 1. The molecule has 0 bridgehead atoms. The van der Waals surface area contributed by atoms with Crippen LogP contribution in [0.4, 0.5) is 0 Å². The van der Waals surface area contributed by atoms with Gasteiger partial charge in [0.05, 0.1) is 12.5 Å². The van der Waals surface area contributed by atoms with Crippen LogP contribution in [0.15, 0.2) is 24.3 Å². The van der Waals surface area contributed by atoms with Crippen molar-refractivity contribution in [1.82, 2.24) is 5.32 Å². The van der Waals surface area contributed by atoms with Crippen LogP contribution >= 0.6 is 0 Å². The lowest BCUT2D eigenvalue weighted by molar-refractivity contribution is -0.157. The molecular formula is C20H27NO4. The van der Waals surface area contributed by atoms with Crippen LogP contribution in [0.3, 0.4) is 0 Å². The van der Waals surface area contributed by atoms with Gasteiger partial charge in [0, 0.05) is 23.9 Å². The first-order valence-corrected chi connectivity index (χ1v) is 9.15. The first-order chi connectivity index (χ1) is 12.0. The molecule has 0 aliphatic heterocycles. The average molecular weight is 345 g/mol. The van der Waals surface area contributed by atoms with Crippen LogP contribution in [0.5, 0.6) is 5.75 Å². The minimum atomic E-state index is -0.839. The molecule has 136 valence electrons. The summed E-state index contributed by atoms with van der Waals surface area (Å²) in [5.41, 5.74) is 0.196. The summed E-state index contributed by atoms with van der Waals surface area (Å²) in [5, 5.41) is 12.4. The van der Waals surface area contributed by atoms with E-state index in [1.807, 2.05) is 18.2 Å². The highest BCUT2D eigenvalue weighted by molar-refractivity contribution is 5.85. The number of rotatable bonds is 7. The van der Waals surface area contributed by atoms with E-state index < -0.39 is 11.4 Å². The second-order valence-electron chi connectivity index (χ2n) is 7.58. The molecular weight excluding hydrogens is 318 g/mol. The third-order valence-corrected chi connectivity index (χ3v) is 6.13. The summed E-state index contributed by atoms with van der Waals surface area (Å²) in [6, 6.07) is 8.01. The second-order valence-corrected chi connectivity index (χ2v) is 7.58. The topological polar surface area (TPSA) is 75.6 Å². The van der Waals surface area contributed by atoms with E-state index in [0.717, 1.165) is 43.4 Å². The number of benzene rings is 1. The van der Waals surface area contributed by atoms with Crippen molar-refractivity contribution in [3.05, 3.63) is 29.8 Å². The standard InChI is InChI=1S/C20H27NO4/c1-25-16-8-3-2-7-15(16)20(9-4-5-10-20)14-21-17(22)13-19(18(23)24)11-6-12-19/h2-3,7-8H,4-6,9-14H2,1H3,(H,21,22)(H,23,24). The second kappa shape index (κ2) is 7.06. The first-order valence-electron chi connectivity index (χ1n) is 9.15. The van der Waals surface area contributed by atoms with Gasteiger partial charge < -0.3 is 15.2 Å². The fraction of sp³-hybridized carbons (Fsp3) is 0.600. The molecule has 2 saturated carbocycles. The van der Waals surface area contributed by atoms with Gasteiger partial charge in [-0.2, -0.15) is 0 Å². The monoisotopic (exact) mass is 345 g/mol. The van der Waals surface area contributed by atoms with Crippen LogP contribution in [0.1, 0.15) is 56.9 Å². The molecule has 0 aromatic heterocycles. The molecule has 5 heteroatoms. The Morgan fingerprint density at radius 3 is 2.36 bits per heavy atom. The van der Waals surface area contributed by atoms with E-state index in [1.165, 1.54) is 0 Å². The molecule has 0 radical (unpaired) electrons. The van der Waals surface area contributed by atoms with Gasteiger partial charge in [0.1, 0.15) is 5.75 Å². The minimum absolute atomic E-state index is 0.0876. The van der Waals surface area contributed by atoms with Gasteiger partial charge in [0.25, 0.3) is 0 Å². The molecule has 3 rings (SSSR count). The van der Waals surface area contributed by atoms with Crippen LogP contribution in [0.2, 0.25) is 0 Å². The Morgan fingerprint density at radius 2 is 1.80 bits per heavy atom. The van der Waals surface area contributed by atoms with Crippen molar-refractivity contribution >= 4 is 11.9 Å². The van der Waals surface area contributed by atoms with Crippen molar-refractivity contribution in [3.63, 3.8) is 0 Å². The number of carboxylic acid groups (broad SMARTS) is 1. The van der Waals surface area contributed by atoms with E-state index in [9.17, 15) is 14.7 Å². The molecule has 0 spiro atoms. The predicted molar refractivity (Wildman–Crippen MR) is 94.7 cm³/mol. The predicted octanol–water partition coefficient (Wildman–Crippen LogP) is 3.27. The lowest BCUT2D eigenvalue weighted by atomic mass is 9.66. The average Bonchev–Trinajstić information content (AvgIpc) is 3.06. The molecule has 0 atom stereocenters. The van der Waals surface area contributed by atoms with Crippen molar-refractivity contribution < 1.29 is 19.4 Å². The maximum atomic E-state index is 12.4. The van der Waals surface area contributed by atoms with Crippen LogP contribution in [-0.2, 0) is 15.0 Å². The molecule has 2 aliphatic rings. The zero-order valence-corrected chi connectivity index (χ0v) is 14.8. The maximum Gasteiger partial charge on any atom is 0.310 e. The van der Waals surface area contributed by atoms with Gasteiger partial charge in [-0.1, -0.05) is 37.5 Å². The molecule has 1 aromatic carbocycles. The third kappa shape index (κ3) is 3.37. The van der Waals surface area contributed by atoms with Crippen LogP contribution in [-0.4, -0.2) is 30.6 Å². The summed E-state index contributed by atoms with van der Waals surface area (Å²) < 4.78 is 5.54. The number of carbonyl (C=O) groups is 2. The Morgan fingerprint density at radius 1 is 1.12 bits per heavy atom. The number of nitrogens with one attached hydrogen (secondary N) is 1. The van der Waals surface area contributed by atoms with Crippen molar-refractivity contribution in [2.75, 3.05) is 13.7 Å². The molecule has 2 aliphatic carbocycles. The summed E-state index contributed by atoms with van der Waals surface area (Å²) in [7, 11) is 1.67. The molecule has 0 saturated heterocycles. The van der Waals surface area contributed by atoms with Crippen molar-refractivity contribution in [2.45, 2.75) is 56.8 Å². The molecule has 2 N–H and O–H groups in total. The highest BCUT2D eigenvalue weighted by Gasteiger charge is 2.46. The van der Waals surface area contributed by atoms with E-state index >= 15 is 0 Å². The number of hydrogen-bond acceptors (Lipinski definition) is 3. The first kappa shape index (κ1) is 17.8. The summed E-state index contributed by atoms with van der Waals surface area (Å²) in [4.78, 5) is 23.9. The van der Waals surface area contributed by atoms with Crippen LogP contribution < -0.4 is 10.1 Å². The normalized spacial score (nSPS) is 20.5. The smallest absolute Gasteiger partial charge is 0.310 e. The van der Waals surface area contributed by atoms with Crippen LogP contribution in [0, 0.1) is 5.41 Å². The number of carbonyl (C=O) groups excluding carboxylic acids is 1. The Kier molecular flexibility index (Phi) is 5.02. The van der Waals surface area contributed by atoms with Crippen molar-refractivity contribution in [3.8, 4) is 5.75 Å². The number of methoxy groups -OCH3 is 1. The quantitative estimate of drug-likeness (QED) is 0.795. The third-order valence-electron chi connectivity index (χ3n) is 6.13. The lowest BCUT2D eigenvalue weighted by Crippen LogP contribution is -2.45. The van der Waals surface area contributed by atoms with E-state index in [1.54, 1.807) is 7.11 Å². The molecule has 0 unspecified atom stereocenters. The molecule has 1 aromatic rings. The number of aliphatic carboxylic acids is 1. The fourth-order valence-electron chi connectivity index (χ4n) is 4.38. The zero-order valence-electron chi connectivity index (χ0n) is 14.8. The Bertz CT molecular complexity index is 645. The number of carboxylic acids is 1. The van der Waals surface area contributed by atoms with Gasteiger partial charge in [0.2, 0.25) is 5.91 Å². The fourth-order valence-corrected chi connectivity index (χ4v) is 4.38. The molecule has 5 nitrogen and oxygen atoms in total. The molecule has 1 amide bonds. The summed E-state index contributed by atoms with van der Waals surface area (Å²) >= 11 is 0. The zero-order chi connectivity index (χ0) is 17.9. The number of ether oxygens (including phenoxy) is 1. The van der Waals surface area contributed by atoms with Gasteiger partial charge in [-0.3, -0.25) is 9.59 Å². The molecule has 25 heavy (non-hydrogen) atoms.